The highest BCUT2D eigenvalue weighted by Crippen LogP contribution is 2.32. The van der Waals surface area contributed by atoms with Gasteiger partial charge < -0.3 is 10.6 Å². The molecule has 2 saturated heterocycles. The number of amides is 1. The van der Waals surface area contributed by atoms with Crippen LogP contribution in [-0.2, 0) is 11.3 Å². The van der Waals surface area contributed by atoms with Gasteiger partial charge in [-0.2, -0.15) is 0 Å². The minimum Gasteiger partial charge on any atom is -0.351 e. The van der Waals surface area contributed by atoms with Gasteiger partial charge in [-0.3, -0.25) is 4.79 Å². The zero-order valence-electron chi connectivity index (χ0n) is 14.6. The molecule has 132 valence electrons. The Hall–Kier alpha value is -1.72. The molecule has 1 amide bonds. The fourth-order valence-electron chi connectivity index (χ4n) is 4.15. The van der Waals surface area contributed by atoms with Gasteiger partial charge in [-0.05, 0) is 38.5 Å². The largest absolute Gasteiger partial charge is 0.351 e. The van der Waals surface area contributed by atoms with Crippen molar-refractivity contribution < 1.29 is 4.79 Å². The molecule has 4 nitrogen and oxygen atoms in total. The Balaban J connectivity index is 1.32. The number of benzene rings is 1. The molecule has 2 aliphatic rings. The summed E-state index contributed by atoms with van der Waals surface area (Å²) in [6, 6.07) is 11.5. The number of aryl methyl sites for hydroxylation is 1. The molecule has 2 unspecified atom stereocenters. The molecule has 25 heavy (non-hydrogen) atoms. The zero-order chi connectivity index (χ0) is 17.2. The van der Waals surface area contributed by atoms with E-state index in [1.165, 1.54) is 12.8 Å². The van der Waals surface area contributed by atoms with Gasteiger partial charge in [-0.25, -0.2) is 4.98 Å². The molecule has 0 radical (unpaired) electrons. The van der Waals surface area contributed by atoms with Gasteiger partial charge in [0, 0.05) is 28.9 Å². The van der Waals surface area contributed by atoms with Crippen LogP contribution < -0.4 is 10.6 Å². The number of aromatic nitrogens is 1. The third kappa shape index (κ3) is 3.93. The first-order valence-corrected chi connectivity index (χ1v) is 10.0. The van der Waals surface area contributed by atoms with E-state index in [0.29, 0.717) is 31.0 Å². The number of hydrogen-bond acceptors (Lipinski definition) is 4. The number of hydrogen-bond donors (Lipinski definition) is 2. The maximum atomic E-state index is 12.4. The van der Waals surface area contributed by atoms with Crippen molar-refractivity contribution in [1.29, 1.82) is 0 Å². The summed E-state index contributed by atoms with van der Waals surface area (Å²) in [6.07, 6.45) is 5.54. The first-order valence-electron chi connectivity index (χ1n) is 9.22. The molecule has 5 heteroatoms. The highest BCUT2D eigenvalue weighted by Gasteiger charge is 2.34. The van der Waals surface area contributed by atoms with Crippen LogP contribution >= 0.6 is 11.3 Å². The molecule has 1 aromatic carbocycles. The second-order valence-electron chi connectivity index (χ2n) is 7.35. The molecular weight excluding hydrogens is 330 g/mol. The van der Waals surface area contributed by atoms with Gasteiger partial charge in [0.25, 0.3) is 0 Å². The monoisotopic (exact) mass is 355 g/mol. The highest BCUT2D eigenvalue weighted by molar-refractivity contribution is 7.15. The van der Waals surface area contributed by atoms with E-state index in [0.717, 1.165) is 34.0 Å². The van der Waals surface area contributed by atoms with Crippen LogP contribution in [0.5, 0.6) is 0 Å². The third-order valence-corrected chi connectivity index (χ3v) is 6.61. The summed E-state index contributed by atoms with van der Waals surface area (Å²) in [5.41, 5.74) is 2.16. The first-order chi connectivity index (χ1) is 12.2. The van der Waals surface area contributed by atoms with Gasteiger partial charge in [0.15, 0.2) is 0 Å². The van der Waals surface area contributed by atoms with Gasteiger partial charge in [0.05, 0.1) is 12.2 Å². The van der Waals surface area contributed by atoms with E-state index in [1.54, 1.807) is 11.3 Å². The van der Waals surface area contributed by atoms with E-state index >= 15 is 0 Å². The van der Waals surface area contributed by atoms with Crippen molar-refractivity contribution in [3.63, 3.8) is 0 Å². The van der Waals surface area contributed by atoms with Crippen molar-refractivity contribution in [2.24, 2.45) is 5.92 Å². The average Bonchev–Trinajstić information content (AvgIpc) is 3.16. The van der Waals surface area contributed by atoms with Gasteiger partial charge in [-0.1, -0.05) is 30.3 Å². The normalized spacial score (nSPS) is 25.1. The van der Waals surface area contributed by atoms with Crippen LogP contribution in [0.25, 0.3) is 10.6 Å². The molecule has 2 fully saturated rings. The van der Waals surface area contributed by atoms with Crippen LogP contribution in [0.1, 0.15) is 42.7 Å². The van der Waals surface area contributed by atoms with Crippen molar-refractivity contribution in [2.75, 3.05) is 0 Å². The van der Waals surface area contributed by atoms with E-state index in [4.69, 9.17) is 0 Å². The molecule has 2 bridgehead atoms. The smallest absolute Gasteiger partial charge is 0.220 e. The van der Waals surface area contributed by atoms with Crippen LogP contribution in [-0.4, -0.2) is 23.0 Å². The Kier molecular flexibility index (Phi) is 4.86. The number of rotatable bonds is 5. The number of carbonyl (C=O) groups is 1. The van der Waals surface area contributed by atoms with E-state index in [9.17, 15) is 4.79 Å². The number of carbonyl (C=O) groups excluding carboxylic acids is 1. The molecule has 2 aromatic rings. The Morgan fingerprint density at radius 1 is 1.24 bits per heavy atom. The number of fused-ring (bicyclic) bond motifs is 2. The van der Waals surface area contributed by atoms with Crippen molar-refractivity contribution in [3.8, 4) is 10.6 Å². The Morgan fingerprint density at radius 2 is 1.96 bits per heavy atom. The maximum Gasteiger partial charge on any atom is 0.220 e. The summed E-state index contributed by atoms with van der Waals surface area (Å²) in [7, 11) is 0. The summed E-state index contributed by atoms with van der Waals surface area (Å²) in [5, 5.41) is 7.78. The lowest BCUT2D eigenvalue weighted by Crippen LogP contribution is -2.39. The Bertz CT molecular complexity index is 731. The van der Waals surface area contributed by atoms with Crippen molar-refractivity contribution in [1.82, 2.24) is 15.6 Å². The number of thiazole rings is 1. The van der Waals surface area contributed by atoms with E-state index in [2.05, 4.69) is 27.8 Å². The first kappa shape index (κ1) is 16.7. The fraction of sp³-hybridized carbons (Fsp3) is 0.500. The second kappa shape index (κ2) is 7.26. The van der Waals surface area contributed by atoms with E-state index in [1.807, 2.05) is 25.1 Å². The van der Waals surface area contributed by atoms with Crippen LogP contribution in [0.4, 0.5) is 0 Å². The molecule has 2 aliphatic heterocycles. The van der Waals surface area contributed by atoms with Crippen molar-refractivity contribution >= 4 is 17.2 Å². The summed E-state index contributed by atoms with van der Waals surface area (Å²) >= 11 is 1.68. The molecule has 0 aliphatic carbocycles. The fourth-order valence-corrected chi connectivity index (χ4v) is 5.16. The van der Waals surface area contributed by atoms with E-state index < -0.39 is 0 Å². The maximum absolute atomic E-state index is 12.4. The summed E-state index contributed by atoms with van der Waals surface area (Å²) in [4.78, 5) is 18.2. The third-order valence-electron chi connectivity index (χ3n) is 5.40. The number of nitrogens with zero attached hydrogens (tertiary/aromatic N) is 1. The Morgan fingerprint density at radius 3 is 2.68 bits per heavy atom. The van der Waals surface area contributed by atoms with Crippen LogP contribution in [0.15, 0.2) is 30.3 Å². The molecule has 1 aromatic heterocycles. The van der Waals surface area contributed by atoms with Crippen LogP contribution in [0.3, 0.4) is 0 Å². The quantitative estimate of drug-likeness (QED) is 0.861. The van der Waals surface area contributed by atoms with Gasteiger partial charge in [0.2, 0.25) is 5.91 Å². The summed E-state index contributed by atoms with van der Waals surface area (Å²) < 4.78 is 0. The summed E-state index contributed by atoms with van der Waals surface area (Å²) in [6.45, 7) is 2.61. The molecule has 0 spiro atoms. The summed E-state index contributed by atoms with van der Waals surface area (Å²) in [5.74, 6) is 0.724. The minimum atomic E-state index is 0.181. The van der Waals surface area contributed by atoms with Crippen molar-refractivity contribution in [3.05, 3.63) is 40.9 Å². The highest BCUT2D eigenvalue weighted by atomic mass is 32.1. The topological polar surface area (TPSA) is 54.0 Å². The Labute approximate surface area is 153 Å². The molecule has 2 N–H and O–H groups in total. The lowest BCUT2D eigenvalue weighted by atomic mass is 9.89. The predicted molar refractivity (Wildman–Crippen MR) is 101 cm³/mol. The van der Waals surface area contributed by atoms with Crippen molar-refractivity contribution in [2.45, 2.75) is 57.7 Å². The van der Waals surface area contributed by atoms with Gasteiger partial charge in [-0.15, -0.1) is 11.3 Å². The molecule has 3 heterocycles. The molecular formula is C20H25N3OS. The standard InChI is InChI=1S/C20H25N3OS/c1-13-18(25-20(22-13)15-5-3-2-4-6-15)12-21-19(24)11-14-9-16-7-8-17(10-14)23-16/h2-6,14,16-17,23H,7-12H2,1H3,(H,21,24). The average molecular weight is 356 g/mol. The van der Waals surface area contributed by atoms with Gasteiger partial charge >= 0.3 is 0 Å². The lowest BCUT2D eigenvalue weighted by molar-refractivity contribution is -0.122. The van der Waals surface area contributed by atoms with Gasteiger partial charge in [0.1, 0.15) is 5.01 Å². The molecule has 4 rings (SSSR count). The van der Waals surface area contributed by atoms with Crippen LogP contribution in [0.2, 0.25) is 0 Å². The lowest BCUT2D eigenvalue weighted by Gasteiger charge is -2.28. The molecule has 2 atom stereocenters. The SMILES string of the molecule is Cc1nc(-c2ccccc2)sc1CNC(=O)CC1CC2CCC(C1)N2. The zero-order valence-corrected chi connectivity index (χ0v) is 15.4. The predicted octanol–water partition coefficient (Wildman–Crippen LogP) is 3.66. The van der Waals surface area contributed by atoms with E-state index in [-0.39, 0.29) is 5.91 Å². The number of piperidine rings is 1. The second-order valence-corrected chi connectivity index (χ2v) is 8.43. The molecule has 0 saturated carbocycles. The van der Waals surface area contributed by atoms with Crippen LogP contribution in [0, 0.1) is 12.8 Å². The number of nitrogens with one attached hydrogen (secondary N) is 2. The minimum absolute atomic E-state index is 0.181.